The van der Waals surface area contributed by atoms with Gasteiger partial charge >= 0.3 is 6.01 Å². The summed E-state index contributed by atoms with van der Waals surface area (Å²) in [5.74, 6) is 1.52. The zero-order chi connectivity index (χ0) is 33.3. The van der Waals surface area contributed by atoms with Gasteiger partial charge in [0.05, 0.1) is 24.2 Å². The van der Waals surface area contributed by atoms with E-state index in [2.05, 4.69) is 20.7 Å². The van der Waals surface area contributed by atoms with Crippen molar-refractivity contribution in [3.05, 3.63) is 47.7 Å². The van der Waals surface area contributed by atoms with Gasteiger partial charge in [-0.2, -0.15) is 9.97 Å². The van der Waals surface area contributed by atoms with Gasteiger partial charge in [0.15, 0.2) is 5.82 Å². The van der Waals surface area contributed by atoms with Crippen LogP contribution in [0.25, 0.3) is 32.9 Å². The van der Waals surface area contributed by atoms with Crippen molar-refractivity contribution in [3.63, 3.8) is 0 Å². The van der Waals surface area contributed by atoms with E-state index in [0.29, 0.717) is 72.4 Å². The maximum absolute atomic E-state index is 16.9. The number of likely N-dealkylation sites (tertiary alicyclic amines) is 1. The molecule has 4 heterocycles. The highest BCUT2D eigenvalue weighted by molar-refractivity contribution is 6.03. The monoisotopic (exact) mass is 665 g/mol. The smallest absolute Gasteiger partial charge is 0.319 e. The van der Waals surface area contributed by atoms with E-state index in [1.54, 1.807) is 6.20 Å². The number of piperidine rings is 1. The van der Waals surface area contributed by atoms with Gasteiger partial charge < -0.3 is 19.5 Å². The SMILES string of the molecule is C#Cc1c(F)ccc2cc(O)cc(-c3ncc4c(N5CCCOCC5)nc(OC[C@]56CCC[C@H]5N(C5CC7(CC7)C5)CCC6)nc4c3F)c12. The summed E-state index contributed by atoms with van der Waals surface area (Å²) in [6.45, 7) is 4.08. The van der Waals surface area contributed by atoms with E-state index in [1.165, 1.54) is 62.8 Å². The summed E-state index contributed by atoms with van der Waals surface area (Å²) < 4.78 is 44.1. The fourth-order valence-corrected chi connectivity index (χ4v) is 9.57. The molecule has 3 aliphatic carbocycles. The van der Waals surface area contributed by atoms with Gasteiger partial charge in [-0.3, -0.25) is 9.88 Å². The van der Waals surface area contributed by atoms with Crippen LogP contribution in [0.15, 0.2) is 30.5 Å². The van der Waals surface area contributed by atoms with Crippen molar-refractivity contribution in [2.45, 2.75) is 76.3 Å². The van der Waals surface area contributed by atoms with E-state index in [1.807, 2.05) is 0 Å². The number of phenolic OH excluding ortho intramolecular Hbond substituents is 1. The number of hydrogen-bond acceptors (Lipinski definition) is 8. The number of halogens is 2. The third kappa shape index (κ3) is 5.20. The molecule has 1 N–H and O–H groups in total. The Labute approximate surface area is 284 Å². The zero-order valence-electron chi connectivity index (χ0n) is 27.7. The van der Waals surface area contributed by atoms with Crippen molar-refractivity contribution >= 4 is 27.5 Å². The Morgan fingerprint density at radius 3 is 2.71 bits per heavy atom. The van der Waals surface area contributed by atoms with E-state index < -0.39 is 11.6 Å². The number of hydrogen-bond donors (Lipinski definition) is 1. The molecule has 3 saturated carbocycles. The zero-order valence-corrected chi connectivity index (χ0v) is 27.7. The van der Waals surface area contributed by atoms with Crippen LogP contribution in [0.4, 0.5) is 14.6 Å². The molecule has 8 nitrogen and oxygen atoms in total. The van der Waals surface area contributed by atoms with Gasteiger partial charge in [0.1, 0.15) is 28.6 Å². The molecule has 1 spiro atoms. The second-order valence-electron chi connectivity index (χ2n) is 15.1. The number of phenols is 1. The van der Waals surface area contributed by atoms with Crippen LogP contribution >= 0.6 is 0 Å². The second kappa shape index (κ2) is 11.8. The number of anilines is 1. The fraction of sp³-hybridized carbons (Fsp3) is 0.513. The Morgan fingerprint density at radius 2 is 1.88 bits per heavy atom. The van der Waals surface area contributed by atoms with Crippen LogP contribution in [-0.4, -0.2) is 76.5 Å². The first-order valence-corrected chi connectivity index (χ1v) is 17.9. The first kappa shape index (κ1) is 30.9. The molecule has 2 aliphatic heterocycles. The number of fused-ring (bicyclic) bond motifs is 3. The van der Waals surface area contributed by atoms with Crippen molar-refractivity contribution in [2.75, 3.05) is 44.4 Å². The summed E-state index contributed by atoms with van der Waals surface area (Å²) >= 11 is 0. The topological polar surface area (TPSA) is 83.8 Å². The first-order valence-electron chi connectivity index (χ1n) is 17.9. The summed E-state index contributed by atoms with van der Waals surface area (Å²) in [6.07, 6.45) is 19.3. The molecule has 0 radical (unpaired) electrons. The maximum Gasteiger partial charge on any atom is 0.319 e. The third-order valence-electron chi connectivity index (χ3n) is 12.2. The molecule has 2 aromatic carbocycles. The molecule has 2 aromatic heterocycles. The summed E-state index contributed by atoms with van der Waals surface area (Å²) in [6, 6.07) is 6.92. The molecule has 0 bridgehead atoms. The van der Waals surface area contributed by atoms with Crippen LogP contribution in [0.5, 0.6) is 11.8 Å². The van der Waals surface area contributed by atoms with E-state index in [9.17, 15) is 9.50 Å². The highest BCUT2D eigenvalue weighted by Crippen LogP contribution is 2.63. The van der Waals surface area contributed by atoms with Crippen molar-refractivity contribution in [1.82, 2.24) is 19.9 Å². The quantitative estimate of drug-likeness (QED) is 0.221. The molecule has 4 aromatic rings. The second-order valence-corrected chi connectivity index (χ2v) is 15.1. The summed E-state index contributed by atoms with van der Waals surface area (Å²) in [5.41, 5.74) is 0.819. The molecule has 2 atom stereocenters. The van der Waals surface area contributed by atoms with Gasteiger partial charge in [0.2, 0.25) is 0 Å². The van der Waals surface area contributed by atoms with Crippen LogP contribution in [0.2, 0.25) is 0 Å². The normalized spacial score (nSPS) is 25.2. The van der Waals surface area contributed by atoms with Gasteiger partial charge in [-0.25, -0.2) is 8.78 Å². The van der Waals surface area contributed by atoms with E-state index in [4.69, 9.17) is 25.9 Å². The number of terminal acetylenes is 1. The molecular formula is C39H41F2N5O3. The first-order chi connectivity index (χ1) is 23.9. The third-order valence-corrected chi connectivity index (χ3v) is 12.2. The molecule has 0 unspecified atom stereocenters. The van der Waals surface area contributed by atoms with E-state index in [0.717, 1.165) is 32.2 Å². The highest BCUT2D eigenvalue weighted by Gasteiger charge is 2.58. The Morgan fingerprint density at radius 1 is 1.02 bits per heavy atom. The Kier molecular flexibility index (Phi) is 7.44. The Hall–Kier alpha value is -4.07. The Bertz CT molecular complexity index is 2000. The highest BCUT2D eigenvalue weighted by atomic mass is 19.1. The molecule has 2 saturated heterocycles. The average Bonchev–Trinajstić information content (AvgIpc) is 3.85. The van der Waals surface area contributed by atoms with Crippen LogP contribution in [-0.2, 0) is 4.74 Å². The van der Waals surface area contributed by atoms with Gasteiger partial charge in [-0.1, -0.05) is 18.4 Å². The fourth-order valence-electron chi connectivity index (χ4n) is 9.57. The lowest BCUT2D eigenvalue weighted by Crippen LogP contribution is -2.58. The standard InChI is InChI=1S/C39H41F2N5O3/c1-2-27-30(40)8-7-24-18-26(47)19-28(32(24)27)34-33(41)35-29(22-42-34)36(45-13-5-16-48-17-15-45)44-37(43-35)49-23-39-9-3-6-31(39)46(14-4-10-39)25-20-38(21-25)11-12-38/h1,7-8,18-19,22,25,31,47H,3-6,9-17,20-21,23H2/t31-,39-/m1/s1. The summed E-state index contributed by atoms with van der Waals surface area (Å²) in [7, 11) is 0. The summed E-state index contributed by atoms with van der Waals surface area (Å²) in [5, 5.41) is 11.8. The van der Waals surface area contributed by atoms with E-state index in [-0.39, 0.29) is 39.5 Å². The van der Waals surface area contributed by atoms with Gasteiger partial charge in [-0.05, 0) is 93.3 Å². The lowest BCUT2D eigenvalue weighted by Gasteiger charge is -2.53. The van der Waals surface area contributed by atoms with Crippen molar-refractivity contribution in [2.24, 2.45) is 10.8 Å². The molecule has 5 aliphatic rings. The predicted molar refractivity (Wildman–Crippen MR) is 184 cm³/mol. The average molecular weight is 666 g/mol. The van der Waals surface area contributed by atoms with Crippen molar-refractivity contribution < 1.29 is 23.4 Å². The minimum atomic E-state index is -0.712. The van der Waals surface area contributed by atoms with Crippen LogP contribution in [0.3, 0.4) is 0 Å². The molecule has 10 heteroatoms. The molecule has 254 valence electrons. The Balaban J connectivity index is 1.12. The predicted octanol–water partition coefficient (Wildman–Crippen LogP) is 6.99. The van der Waals surface area contributed by atoms with Gasteiger partial charge in [-0.15, -0.1) is 6.42 Å². The number of aromatic nitrogens is 3. The minimum absolute atomic E-state index is 0.0214. The lowest BCUT2D eigenvalue weighted by molar-refractivity contribution is -0.0580. The number of aromatic hydroxyl groups is 1. The number of benzene rings is 2. The van der Waals surface area contributed by atoms with Gasteiger partial charge in [0.25, 0.3) is 0 Å². The van der Waals surface area contributed by atoms with Crippen molar-refractivity contribution in [3.8, 4) is 35.4 Å². The molecule has 0 amide bonds. The number of ether oxygens (including phenoxy) is 2. The van der Waals surface area contributed by atoms with Crippen LogP contribution < -0.4 is 9.64 Å². The van der Waals surface area contributed by atoms with Crippen LogP contribution in [0.1, 0.15) is 69.8 Å². The summed E-state index contributed by atoms with van der Waals surface area (Å²) in [4.78, 5) is 19.1. The molecule has 9 rings (SSSR count). The van der Waals surface area contributed by atoms with Gasteiger partial charge in [0, 0.05) is 54.3 Å². The molecule has 5 fully saturated rings. The van der Waals surface area contributed by atoms with E-state index >= 15 is 4.39 Å². The minimum Gasteiger partial charge on any atom is -0.508 e. The number of nitrogens with zero attached hydrogens (tertiary/aromatic N) is 5. The lowest BCUT2D eigenvalue weighted by atomic mass is 9.70. The maximum atomic E-state index is 16.9. The van der Waals surface area contributed by atoms with Crippen LogP contribution in [0, 0.1) is 34.8 Å². The number of rotatable bonds is 6. The molecular weight excluding hydrogens is 624 g/mol. The van der Waals surface area contributed by atoms with Crippen molar-refractivity contribution in [1.29, 1.82) is 0 Å². The largest absolute Gasteiger partial charge is 0.508 e. The number of pyridine rings is 1. The molecule has 49 heavy (non-hydrogen) atoms.